The van der Waals surface area contributed by atoms with Gasteiger partial charge < -0.3 is 10.1 Å². The first-order valence-corrected chi connectivity index (χ1v) is 5.76. The van der Waals surface area contributed by atoms with Crippen molar-refractivity contribution in [1.29, 1.82) is 0 Å². The first-order valence-electron chi connectivity index (χ1n) is 5.38. The molecule has 1 saturated heterocycles. The Morgan fingerprint density at radius 2 is 2.40 bits per heavy atom. The Morgan fingerprint density at radius 1 is 1.53 bits per heavy atom. The molecule has 0 amide bonds. The summed E-state index contributed by atoms with van der Waals surface area (Å²) in [5, 5.41) is 4.20. The molecule has 1 fully saturated rings. The summed E-state index contributed by atoms with van der Waals surface area (Å²) in [7, 11) is 0. The van der Waals surface area contributed by atoms with E-state index in [1.807, 2.05) is 19.1 Å². The molecule has 2 nitrogen and oxygen atoms in total. The predicted octanol–water partition coefficient (Wildman–Crippen LogP) is 3.24. The average molecular weight is 226 g/mol. The molecule has 1 aromatic rings. The highest BCUT2D eigenvalue weighted by Crippen LogP contribution is 2.23. The van der Waals surface area contributed by atoms with Gasteiger partial charge in [0.1, 0.15) is 0 Å². The smallest absolute Gasteiger partial charge is 0.0748 e. The van der Waals surface area contributed by atoms with Crippen molar-refractivity contribution in [3.8, 4) is 0 Å². The van der Waals surface area contributed by atoms with Crippen molar-refractivity contribution in [2.24, 2.45) is 0 Å². The molecule has 2 rings (SSSR count). The van der Waals surface area contributed by atoms with Crippen molar-refractivity contribution < 1.29 is 4.74 Å². The van der Waals surface area contributed by atoms with Crippen LogP contribution < -0.4 is 5.32 Å². The summed E-state index contributed by atoms with van der Waals surface area (Å²) in [6.07, 6.45) is 2.71. The fraction of sp³-hybridized carbons (Fsp3) is 0.500. The van der Waals surface area contributed by atoms with E-state index in [9.17, 15) is 0 Å². The van der Waals surface area contributed by atoms with Crippen LogP contribution in [0.15, 0.2) is 18.2 Å². The van der Waals surface area contributed by atoms with Gasteiger partial charge in [-0.2, -0.15) is 0 Å². The second-order valence-electron chi connectivity index (χ2n) is 3.93. The highest BCUT2D eigenvalue weighted by atomic mass is 35.5. The van der Waals surface area contributed by atoms with Crippen molar-refractivity contribution in [2.45, 2.75) is 25.9 Å². The van der Waals surface area contributed by atoms with Gasteiger partial charge in [-0.15, -0.1) is 0 Å². The lowest BCUT2D eigenvalue weighted by Crippen LogP contribution is -2.18. The predicted molar refractivity (Wildman–Crippen MR) is 63.7 cm³/mol. The van der Waals surface area contributed by atoms with Crippen LogP contribution in [0.3, 0.4) is 0 Å². The van der Waals surface area contributed by atoms with E-state index in [1.54, 1.807) is 0 Å². The fourth-order valence-corrected chi connectivity index (χ4v) is 2.00. The third-order valence-corrected chi connectivity index (χ3v) is 3.22. The Balaban J connectivity index is 1.95. The van der Waals surface area contributed by atoms with Gasteiger partial charge >= 0.3 is 0 Å². The summed E-state index contributed by atoms with van der Waals surface area (Å²) < 4.78 is 5.55. The molecular formula is C12H16ClNO. The van der Waals surface area contributed by atoms with Gasteiger partial charge in [0.05, 0.1) is 6.10 Å². The lowest BCUT2D eigenvalue weighted by molar-refractivity contribution is 0.120. The van der Waals surface area contributed by atoms with Gasteiger partial charge in [0.15, 0.2) is 0 Å². The minimum atomic E-state index is 0.364. The van der Waals surface area contributed by atoms with Crippen LogP contribution >= 0.6 is 11.6 Å². The SMILES string of the molecule is Cc1c(Cl)cccc1NCC1CCCO1. The molecule has 0 aromatic heterocycles. The maximum Gasteiger partial charge on any atom is 0.0748 e. The number of hydrogen-bond acceptors (Lipinski definition) is 2. The lowest BCUT2D eigenvalue weighted by Gasteiger charge is -2.14. The van der Waals surface area contributed by atoms with Crippen LogP contribution in [0.25, 0.3) is 0 Å². The zero-order valence-corrected chi connectivity index (χ0v) is 9.68. The van der Waals surface area contributed by atoms with Crippen LogP contribution in [-0.2, 0) is 4.74 Å². The number of ether oxygens (including phenoxy) is 1. The molecule has 0 spiro atoms. The number of halogens is 1. The summed E-state index contributed by atoms with van der Waals surface area (Å²) in [6.45, 7) is 3.81. The van der Waals surface area contributed by atoms with Gasteiger partial charge in [0.25, 0.3) is 0 Å². The van der Waals surface area contributed by atoms with Crippen molar-refractivity contribution in [3.05, 3.63) is 28.8 Å². The van der Waals surface area contributed by atoms with Crippen LogP contribution in [0, 0.1) is 6.92 Å². The Kier molecular flexibility index (Phi) is 3.49. The molecule has 82 valence electrons. The molecule has 1 aliphatic rings. The highest BCUT2D eigenvalue weighted by Gasteiger charge is 2.15. The fourth-order valence-electron chi connectivity index (χ4n) is 1.83. The van der Waals surface area contributed by atoms with E-state index >= 15 is 0 Å². The average Bonchev–Trinajstić information content (AvgIpc) is 2.73. The molecule has 1 heterocycles. The second kappa shape index (κ2) is 4.86. The van der Waals surface area contributed by atoms with E-state index < -0.39 is 0 Å². The second-order valence-corrected chi connectivity index (χ2v) is 4.34. The Bertz CT molecular complexity index is 334. The summed E-state index contributed by atoms with van der Waals surface area (Å²) in [5.74, 6) is 0. The van der Waals surface area contributed by atoms with E-state index in [1.165, 1.54) is 6.42 Å². The number of anilines is 1. The van der Waals surface area contributed by atoms with Crippen molar-refractivity contribution in [3.63, 3.8) is 0 Å². The summed E-state index contributed by atoms with van der Waals surface area (Å²) in [6, 6.07) is 5.93. The minimum absolute atomic E-state index is 0.364. The molecule has 3 heteroatoms. The summed E-state index contributed by atoms with van der Waals surface area (Å²) in [4.78, 5) is 0. The van der Waals surface area contributed by atoms with E-state index in [0.29, 0.717) is 6.10 Å². The monoisotopic (exact) mass is 225 g/mol. The summed E-state index contributed by atoms with van der Waals surface area (Å²) >= 11 is 6.04. The molecule has 15 heavy (non-hydrogen) atoms. The number of benzene rings is 1. The molecule has 1 aromatic carbocycles. The van der Waals surface area contributed by atoms with Crippen LogP contribution in [0.2, 0.25) is 5.02 Å². The number of nitrogens with one attached hydrogen (secondary N) is 1. The van der Waals surface area contributed by atoms with Gasteiger partial charge in [-0.05, 0) is 37.5 Å². The van der Waals surface area contributed by atoms with Crippen LogP contribution in [0.1, 0.15) is 18.4 Å². The van der Waals surface area contributed by atoms with Crippen LogP contribution in [-0.4, -0.2) is 19.3 Å². The van der Waals surface area contributed by atoms with E-state index in [-0.39, 0.29) is 0 Å². The standard InChI is InChI=1S/C12H16ClNO/c1-9-11(13)5-2-6-12(9)14-8-10-4-3-7-15-10/h2,5-6,10,14H,3-4,7-8H2,1H3. The highest BCUT2D eigenvalue weighted by molar-refractivity contribution is 6.31. The normalized spacial score (nSPS) is 20.5. The molecule has 0 bridgehead atoms. The molecule has 0 saturated carbocycles. The molecular weight excluding hydrogens is 210 g/mol. The van der Waals surface area contributed by atoms with Gasteiger partial charge in [-0.25, -0.2) is 0 Å². The largest absolute Gasteiger partial charge is 0.382 e. The molecule has 0 radical (unpaired) electrons. The topological polar surface area (TPSA) is 21.3 Å². The molecule has 1 unspecified atom stereocenters. The van der Waals surface area contributed by atoms with Crippen molar-refractivity contribution in [1.82, 2.24) is 0 Å². The lowest BCUT2D eigenvalue weighted by atomic mass is 10.2. The third kappa shape index (κ3) is 2.64. The van der Waals surface area contributed by atoms with E-state index in [4.69, 9.17) is 16.3 Å². The van der Waals surface area contributed by atoms with Gasteiger partial charge in [0.2, 0.25) is 0 Å². The number of rotatable bonds is 3. The molecule has 1 atom stereocenters. The van der Waals surface area contributed by atoms with Crippen LogP contribution in [0.4, 0.5) is 5.69 Å². The van der Waals surface area contributed by atoms with Crippen molar-refractivity contribution in [2.75, 3.05) is 18.5 Å². The molecule has 1 aliphatic heterocycles. The summed E-state index contributed by atoms with van der Waals surface area (Å²) in [5.41, 5.74) is 2.22. The van der Waals surface area contributed by atoms with Gasteiger partial charge in [0, 0.05) is 23.9 Å². The first kappa shape index (κ1) is 10.8. The van der Waals surface area contributed by atoms with E-state index in [0.717, 1.165) is 35.8 Å². The number of hydrogen-bond donors (Lipinski definition) is 1. The van der Waals surface area contributed by atoms with Gasteiger partial charge in [-0.3, -0.25) is 0 Å². The molecule has 0 aliphatic carbocycles. The Hall–Kier alpha value is -0.730. The maximum absolute atomic E-state index is 6.04. The Labute approximate surface area is 95.6 Å². The van der Waals surface area contributed by atoms with Crippen LogP contribution in [0.5, 0.6) is 0 Å². The molecule has 1 N–H and O–H groups in total. The third-order valence-electron chi connectivity index (χ3n) is 2.81. The minimum Gasteiger partial charge on any atom is -0.382 e. The zero-order chi connectivity index (χ0) is 10.7. The van der Waals surface area contributed by atoms with Gasteiger partial charge in [-0.1, -0.05) is 17.7 Å². The first-order chi connectivity index (χ1) is 7.27. The maximum atomic E-state index is 6.04. The zero-order valence-electron chi connectivity index (χ0n) is 8.92. The quantitative estimate of drug-likeness (QED) is 0.853. The van der Waals surface area contributed by atoms with E-state index in [2.05, 4.69) is 11.4 Å². The van der Waals surface area contributed by atoms with Crippen molar-refractivity contribution >= 4 is 17.3 Å². The Morgan fingerprint density at radius 3 is 3.13 bits per heavy atom.